The number of halogens is 1. The van der Waals surface area contributed by atoms with Gasteiger partial charge in [-0.1, -0.05) is 95.2 Å². The fourth-order valence-electron chi connectivity index (χ4n) is 4.32. The molecule has 3 N–H and O–H groups in total. The van der Waals surface area contributed by atoms with Crippen molar-refractivity contribution >= 4 is 50.0 Å². The van der Waals surface area contributed by atoms with Crippen molar-refractivity contribution in [3.05, 3.63) is 125 Å². The molecule has 218 valence electrons. The maximum atomic E-state index is 13.1. The number of nitrogens with zero attached hydrogens (tertiary/aromatic N) is 1. The second-order valence-electron chi connectivity index (χ2n) is 9.75. The van der Waals surface area contributed by atoms with Crippen molar-refractivity contribution in [2.45, 2.75) is 24.3 Å². The van der Waals surface area contributed by atoms with Crippen LogP contribution >= 0.6 is 22.9 Å². The highest BCUT2D eigenvalue weighted by Gasteiger charge is 2.26. The van der Waals surface area contributed by atoms with Crippen molar-refractivity contribution in [3.8, 4) is 21.7 Å². The summed E-state index contributed by atoms with van der Waals surface area (Å²) >= 11 is 7.40. The molecule has 5 rings (SSSR count). The van der Waals surface area contributed by atoms with Crippen molar-refractivity contribution in [2.24, 2.45) is 0 Å². The summed E-state index contributed by atoms with van der Waals surface area (Å²) in [5, 5.41) is 13.4. The number of amides is 1. The van der Waals surface area contributed by atoms with Crippen molar-refractivity contribution in [1.29, 1.82) is 0 Å². The summed E-state index contributed by atoms with van der Waals surface area (Å²) in [4.78, 5) is 30.3. The Kier molecular flexibility index (Phi) is 9.02. The Labute approximate surface area is 258 Å². The van der Waals surface area contributed by atoms with E-state index in [0.29, 0.717) is 21.4 Å². The van der Waals surface area contributed by atoms with Gasteiger partial charge in [-0.05, 0) is 60.9 Å². The highest BCUT2D eigenvalue weighted by Crippen LogP contribution is 2.39. The molecule has 0 fully saturated rings. The lowest BCUT2D eigenvalue weighted by molar-refractivity contribution is -0.138. The van der Waals surface area contributed by atoms with Gasteiger partial charge >= 0.3 is 5.97 Å². The monoisotopic (exact) mass is 631 g/mol. The van der Waals surface area contributed by atoms with E-state index in [4.69, 9.17) is 16.6 Å². The maximum Gasteiger partial charge on any atom is 0.322 e. The van der Waals surface area contributed by atoms with Crippen LogP contribution in [0.1, 0.15) is 21.5 Å². The molecule has 0 aliphatic heterocycles. The number of carbonyl (C=O) groups excluding carboxylic acids is 1. The van der Waals surface area contributed by atoms with E-state index in [0.717, 1.165) is 21.6 Å². The summed E-state index contributed by atoms with van der Waals surface area (Å²) in [5.41, 5.74) is 4.48. The van der Waals surface area contributed by atoms with Gasteiger partial charge in [0.05, 0.1) is 15.5 Å². The predicted octanol–water partition coefficient (Wildman–Crippen LogP) is 6.67. The van der Waals surface area contributed by atoms with E-state index in [1.165, 1.54) is 35.6 Å². The Morgan fingerprint density at radius 1 is 0.884 bits per heavy atom. The lowest BCUT2D eigenvalue weighted by atomic mass is 10.1. The summed E-state index contributed by atoms with van der Waals surface area (Å²) in [6.07, 6.45) is -0.0215. The van der Waals surface area contributed by atoms with E-state index in [-0.39, 0.29) is 16.9 Å². The van der Waals surface area contributed by atoms with Crippen LogP contribution in [0.15, 0.2) is 108 Å². The molecule has 1 amide bonds. The van der Waals surface area contributed by atoms with Gasteiger partial charge in [-0.2, -0.15) is 4.72 Å². The van der Waals surface area contributed by atoms with E-state index in [9.17, 15) is 23.1 Å². The third-order valence-corrected chi connectivity index (χ3v) is 9.34. The topological polar surface area (TPSA) is 125 Å². The Bertz CT molecular complexity index is 1790. The van der Waals surface area contributed by atoms with Gasteiger partial charge in [-0.3, -0.25) is 14.9 Å². The molecule has 8 nitrogen and oxygen atoms in total. The molecule has 5 aromatic rings. The van der Waals surface area contributed by atoms with Gasteiger partial charge in [0.2, 0.25) is 10.0 Å². The van der Waals surface area contributed by atoms with Crippen molar-refractivity contribution in [1.82, 2.24) is 9.71 Å². The van der Waals surface area contributed by atoms with Crippen molar-refractivity contribution < 1.29 is 23.1 Å². The Balaban J connectivity index is 1.34. The quantitative estimate of drug-likeness (QED) is 0.158. The van der Waals surface area contributed by atoms with E-state index >= 15 is 0 Å². The lowest BCUT2D eigenvalue weighted by Crippen LogP contribution is -2.42. The molecule has 1 heterocycles. The van der Waals surface area contributed by atoms with Gasteiger partial charge in [0, 0.05) is 16.1 Å². The molecular weight excluding hydrogens is 606 g/mol. The van der Waals surface area contributed by atoms with Gasteiger partial charge < -0.3 is 5.11 Å². The first-order valence-corrected chi connectivity index (χ1v) is 15.8. The maximum absolute atomic E-state index is 13.1. The molecule has 1 atom stereocenters. The molecule has 0 saturated heterocycles. The highest BCUT2D eigenvalue weighted by atomic mass is 35.5. The van der Waals surface area contributed by atoms with E-state index in [1.807, 2.05) is 43.3 Å². The normalized spacial score (nSPS) is 12.0. The average Bonchev–Trinajstić information content (AvgIpc) is 3.41. The molecule has 0 aliphatic rings. The molecule has 1 aromatic heterocycles. The van der Waals surface area contributed by atoms with Crippen LogP contribution in [0, 0.1) is 6.92 Å². The number of hydrogen-bond donors (Lipinski definition) is 3. The number of thiazole rings is 1. The van der Waals surface area contributed by atoms with Crippen molar-refractivity contribution in [2.75, 3.05) is 5.32 Å². The number of aliphatic carboxylic acids is 1. The number of carboxylic acids is 1. The number of anilines is 1. The van der Waals surface area contributed by atoms with Crippen LogP contribution in [0.25, 0.3) is 21.7 Å². The molecular formula is C32H26ClN3O5S2. The Morgan fingerprint density at radius 3 is 2.14 bits per heavy atom. The minimum absolute atomic E-state index is 0.0215. The van der Waals surface area contributed by atoms with Crippen LogP contribution < -0.4 is 10.0 Å². The largest absolute Gasteiger partial charge is 0.480 e. The Morgan fingerprint density at radius 2 is 1.51 bits per heavy atom. The van der Waals surface area contributed by atoms with E-state index < -0.39 is 27.9 Å². The minimum atomic E-state index is -4.18. The Hall–Kier alpha value is -4.35. The van der Waals surface area contributed by atoms with Crippen LogP contribution in [0.4, 0.5) is 5.13 Å². The molecule has 0 aliphatic carbocycles. The highest BCUT2D eigenvalue weighted by molar-refractivity contribution is 7.89. The summed E-state index contributed by atoms with van der Waals surface area (Å²) in [7, 11) is -4.18. The number of carboxylic acid groups (broad SMARTS) is 1. The second kappa shape index (κ2) is 12.9. The zero-order valence-corrected chi connectivity index (χ0v) is 25.2. The second-order valence-corrected chi connectivity index (χ2v) is 12.9. The first-order chi connectivity index (χ1) is 20.6. The van der Waals surface area contributed by atoms with Crippen LogP contribution in [0.2, 0.25) is 5.02 Å². The third kappa shape index (κ3) is 7.36. The van der Waals surface area contributed by atoms with Crippen LogP contribution in [0.3, 0.4) is 0 Å². The minimum Gasteiger partial charge on any atom is -0.480 e. The van der Waals surface area contributed by atoms with Crippen molar-refractivity contribution in [3.63, 3.8) is 0 Å². The molecule has 0 spiro atoms. The first kappa shape index (κ1) is 30.1. The molecule has 0 saturated carbocycles. The molecule has 4 aromatic carbocycles. The fourth-order valence-corrected chi connectivity index (χ4v) is 6.62. The fraction of sp³-hybridized carbons (Fsp3) is 0.0938. The molecule has 0 bridgehead atoms. The summed E-state index contributed by atoms with van der Waals surface area (Å²) in [6, 6.07) is 27.9. The van der Waals surface area contributed by atoms with Gasteiger partial charge in [0.15, 0.2) is 5.13 Å². The third-order valence-electron chi connectivity index (χ3n) is 6.58. The summed E-state index contributed by atoms with van der Waals surface area (Å²) in [6.45, 7) is 2.00. The van der Waals surface area contributed by atoms with Gasteiger partial charge in [-0.25, -0.2) is 13.4 Å². The molecule has 11 heteroatoms. The average molecular weight is 632 g/mol. The lowest BCUT2D eigenvalue weighted by Gasteiger charge is -2.15. The zero-order valence-electron chi connectivity index (χ0n) is 22.8. The number of nitrogens with one attached hydrogen (secondary N) is 2. The first-order valence-electron chi connectivity index (χ1n) is 13.1. The number of sulfonamides is 1. The number of rotatable bonds is 10. The molecule has 0 radical (unpaired) electrons. The van der Waals surface area contributed by atoms with E-state index in [1.54, 1.807) is 42.5 Å². The number of aromatic nitrogens is 1. The summed E-state index contributed by atoms with van der Waals surface area (Å²) < 4.78 is 28.2. The van der Waals surface area contributed by atoms with Crippen LogP contribution in [0.5, 0.6) is 0 Å². The summed E-state index contributed by atoms with van der Waals surface area (Å²) in [5.74, 6) is -1.77. The molecule has 1 unspecified atom stereocenters. The van der Waals surface area contributed by atoms with Crippen LogP contribution in [-0.4, -0.2) is 36.4 Å². The van der Waals surface area contributed by atoms with Crippen LogP contribution in [-0.2, 0) is 21.2 Å². The number of aryl methyl sites for hydroxylation is 1. The smallest absolute Gasteiger partial charge is 0.322 e. The SMILES string of the molecule is Cc1ccc(-c2sc(NC(=O)c3ccc(S(=O)(=O)NC(Cc4ccccc4)C(=O)O)cc3)nc2-c2ccc(Cl)cc2)cc1. The zero-order chi connectivity index (χ0) is 30.6. The number of carbonyl (C=O) groups is 2. The predicted molar refractivity (Wildman–Crippen MR) is 169 cm³/mol. The number of benzene rings is 4. The molecule has 43 heavy (non-hydrogen) atoms. The van der Waals surface area contributed by atoms with Gasteiger partial charge in [0.25, 0.3) is 5.91 Å². The van der Waals surface area contributed by atoms with Gasteiger partial charge in [0.1, 0.15) is 6.04 Å². The number of hydrogen-bond acceptors (Lipinski definition) is 6. The standard InChI is InChI=1S/C32H26ClN3O5S2/c1-20-7-9-23(10-8-20)29-28(22-11-15-25(33)16-12-22)34-32(42-29)35-30(37)24-13-17-26(18-14-24)43(40,41)36-27(31(38)39)19-21-5-3-2-4-6-21/h2-18,27,36H,19H2,1H3,(H,38,39)(H,34,35,37). The van der Waals surface area contributed by atoms with E-state index in [2.05, 4.69) is 10.0 Å². The van der Waals surface area contributed by atoms with Gasteiger partial charge in [-0.15, -0.1) is 0 Å².